The van der Waals surface area contributed by atoms with Crippen LogP contribution in [0, 0.1) is 5.92 Å². The van der Waals surface area contributed by atoms with Crippen LogP contribution in [0.25, 0.3) is 0 Å². The van der Waals surface area contributed by atoms with Crippen LogP contribution in [-0.2, 0) is 24.0 Å². The van der Waals surface area contributed by atoms with Gasteiger partial charge in [0, 0.05) is 18.7 Å². The molecule has 0 aromatic heterocycles. The molecule has 0 rings (SSSR count). The summed E-state index contributed by atoms with van der Waals surface area (Å²) in [4.78, 5) is 64.7. The molecule has 0 spiro atoms. The van der Waals surface area contributed by atoms with Gasteiger partial charge in [0.15, 0.2) is 5.96 Å². The van der Waals surface area contributed by atoms with Crippen LogP contribution in [0.3, 0.4) is 0 Å². The average Bonchev–Trinajstić information content (AvgIpc) is 2.79. The summed E-state index contributed by atoms with van der Waals surface area (Å²) in [5.74, 6) is -4.56. The highest BCUT2D eigenvalue weighted by Crippen LogP contribution is 2.11. The Balaban J connectivity index is 5.51. The summed E-state index contributed by atoms with van der Waals surface area (Å²) >= 11 is 3.94. The van der Waals surface area contributed by atoms with Crippen LogP contribution in [0.2, 0.25) is 0 Å². The molecular formula is C20H38N8O6S. The number of carbonyl (C=O) groups excluding carboxylic acids is 4. The molecule has 0 aromatic carbocycles. The van der Waals surface area contributed by atoms with E-state index < -0.39 is 53.8 Å². The van der Waals surface area contributed by atoms with Crippen molar-refractivity contribution in [3.05, 3.63) is 0 Å². The Morgan fingerprint density at radius 3 is 2.03 bits per heavy atom. The number of aliphatic carboxylic acids is 1. The van der Waals surface area contributed by atoms with Crippen molar-refractivity contribution in [1.82, 2.24) is 16.0 Å². The Bertz CT molecular complexity index is 777. The number of primary amides is 1. The third-order valence-electron chi connectivity index (χ3n) is 5.20. The predicted octanol–water partition coefficient (Wildman–Crippen LogP) is -2.85. The first-order valence-corrected chi connectivity index (χ1v) is 11.8. The number of thiol groups is 1. The second kappa shape index (κ2) is 16.5. The number of rotatable bonds is 17. The van der Waals surface area contributed by atoms with Gasteiger partial charge in [0.1, 0.15) is 18.1 Å². The third kappa shape index (κ3) is 12.8. The van der Waals surface area contributed by atoms with Crippen LogP contribution in [0.1, 0.15) is 46.0 Å². The molecule has 4 amide bonds. The molecular weight excluding hydrogens is 480 g/mol. The molecule has 0 fully saturated rings. The zero-order valence-corrected chi connectivity index (χ0v) is 20.9. The summed E-state index contributed by atoms with van der Waals surface area (Å²) in [6.07, 6.45) is 0.499. The topological polar surface area (TPSA) is 258 Å². The SMILES string of the molecule is CCC(C)C(NC(=O)C(CCC(N)=O)NC(=O)C(N)CS)C(=O)NC(CCCN=C(N)N)C(=O)O. The highest BCUT2D eigenvalue weighted by molar-refractivity contribution is 7.80. The van der Waals surface area contributed by atoms with Gasteiger partial charge in [-0.15, -0.1) is 0 Å². The second-order valence-corrected chi connectivity index (χ2v) is 8.44. The molecule has 14 nitrogen and oxygen atoms in total. The van der Waals surface area contributed by atoms with E-state index in [1.54, 1.807) is 13.8 Å². The van der Waals surface area contributed by atoms with Gasteiger partial charge in [-0.05, 0) is 25.2 Å². The van der Waals surface area contributed by atoms with Crippen molar-refractivity contribution < 1.29 is 29.1 Å². The van der Waals surface area contributed by atoms with Crippen LogP contribution in [0.15, 0.2) is 4.99 Å². The summed E-state index contributed by atoms with van der Waals surface area (Å²) in [6.45, 7) is 3.68. The number of aliphatic imine (C=N–C) groups is 1. The lowest BCUT2D eigenvalue weighted by Gasteiger charge is -2.28. The van der Waals surface area contributed by atoms with Gasteiger partial charge in [-0.3, -0.25) is 24.2 Å². The van der Waals surface area contributed by atoms with Gasteiger partial charge in [0.25, 0.3) is 0 Å². The van der Waals surface area contributed by atoms with E-state index >= 15 is 0 Å². The highest BCUT2D eigenvalue weighted by atomic mass is 32.1. The Kier molecular flexibility index (Phi) is 15.1. The van der Waals surface area contributed by atoms with Gasteiger partial charge in [0.2, 0.25) is 23.6 Å². The van der Waals surface area contributed by atoms with Gasteiger partial charge in [-0.25, -0.2) is 4.79 Å². The zero-order valence-electron chi connectivity index (χ0n) is 20.0. The van der Waals surface area contributed by atoms with E-state index in [1.165, 1.54) is 0 Å². The number of nitrogens with one attached hydrogen (secondary N) is 3. The number of carboxylic acid groups (broad SMARTS) is 1. The maximum absolute atomic E-state index is 13.0. The van der Waals surface area contributed by atoms with Gasteiger partial charge in [-0.1, -0.05) is 20.3 Å². The largest absolute Gasteiger partial charge is 0.480 e. The first kappa shape index (κ1) is 31.9. The van der Waals surface area contributed by atoms with E-state index in [9.17, 15) is 29.1 Å². The molecule has 0 bridgehead atoms. The van der Waals surface area contributed by atoms with Crippen molar-refractivity contribution in [3.63, 3.8) is 0 Å². The second-order valence-electron chi connectivity index (χ2n) is 8.08. The molecule has 5 unspecified atom stereocenters. The maximum Gasteiger partial charge on any atom is 0.326 e. The van der Waals surface area contributed by atoms with Crippen LogP contribution < -0.4 is 38.9 Å². The Morgan fingerprint density at radius 2 is 1.54 bits per heavy atom. The van der Waals surface area contributed by atoms with E-state index in [0.717, 1.165) is 0 Å². The van der Waals surface area contributed by atoms with Crippen LogP contribution >= 0.6 is 12.6 Å². The number of amides is 4. The van der Waals surface area contributed by atoms with Crippen LogP contribution in [0.4, 0.5) is 0 Å². The number of hydrogen-bond acceptors (Lipinski definition) is 8. The van der Waals surface area contributed by atoms with E-state index in [1.807, 2.05) is 0 Å². The fourth-order valence-corrected chi connectivity index (χ4v) is 3.06. The number of carbonyl (C=O) groups is 5. The number of nitrogens with two attached hydrogens (primary N) is 4. The maximum atomic E-state index is 13.0. The molecule has 15 heteroatoms. The van der Waals surface area contributed by atoms with Gasteiger partial charge < -0.3 is 44.0 Å². The van der Waals surface area contributed by atoms with Crippen molar-refractivity contribution in [2.45, 2.75) is 70.1 Å². The smallest absolute Gasteiger partial charge is 0.326 e. The summed E-state index contributed by atoms with van der Waals surface area (Å²) in [6, 6.07) is -4.54. The van der Waals surface area contributed by atoms with Gasteiger partial charge in [0.05, 0.1) is 6.04 Å². The molecule has 0 radical (unpaired) electrons. The summed E-state index contributed by atoms with van der Waals surface area (Å²) in [7, 11) is 0. The molecule has 12 N–H and O–H groups in total. The van der Waals surface area contributed by atoms with Crippen molar-refractivity contribution in [1.29, 1.82) is 0 Å². The molecule has 0 aromatic rings. The van der Waals surface area contributed by atoms with Crippen molar-refractivity contribution in [3.8, 4) is 0 Å². The minimum absolute atomic E-state index is 0.0215. The Labute approximate surface area is 209 Å². The Morgan fingerprint density at radius 1 is 0.943 bits per heavy atom. The normalized spacial score (nSPS) is 15.0. The third-order valence-corrected chi connectivity index (χ3v) is 5.59. The quantitative estimate of drug-likeness (QED) is 0.0414. The molecule has 0 heterocycles. The Hall–Kier alpha value is -3.07. The van der Waals surface area contributed by atoms with Gasteiger partial charge >= 0.3 is 5.97 Å². The van der Waals surface area contributed by atoms with E-state index in [-0.39, 0.29) is 43.4 Å². The minimum atomic E-state index is -1.26. The molecule has 5 atom stereocenters. The summed E-state index contributed by atoms with van der Waals surface area (Å²) in [5.41, 5.74) is 21.3. The predicted molar refractivity (Wildman–Crippen MR) is 133 cm³/mol. The lowest BCUT2D eigenvalue weighted by molar-refractivity contribution is -0.142. The summed E-state index contributed by atoms with van der Waals surface area (Å²) in [5, 5.41) is 16.9. The van der Waals surface area contributed by atoms with E-state index in [0.29, 0.717) is 12.8 Å². The number of hydrogen-bond donors (Lipinski definition) is 9. The van der Waals surface area contributed by atoms with E-state index in [4.69, 9.17) is 22.9 Å². The minimum Gasteiger partial charge on any atom is -0.480 e. The first-order chi connectivity index (χ1) is 16.3. The molecule has 35 heavy (non-hydrogen) atoms. The molecule has 0 saturated carbocycles. The lowest BCUT2D eigenvalue weighted by Crippen LogP contribution is -2.58. The molecule has 0 aliphatic heterocycles. The van der Waals surface area contributed by atoms with Crippen molar-refractivity contribution in [2.24, 2.45) is 33.8 Å². The first-order valence-electron chi connectivity index (χ1n) is 11.2. The van der Waals surface area contributed by atoms with Crippen molar-refractivity contribution in [2.75, 3.05) is 12.3 Å². The lowest BCUT2D eigenvalue weighted by atomic mass is 9.96. The average molecular weight is 519 g/mol. The number of carboxylic acids is 1. The number of nitrogens with zero attached hydrogens (tertiary/aromatic N) is 1. The van der Waals surface area contributed by atoms with Crippen LogP contribution in [-0.4, -0.2) is 77.1 Å². The van der Waals surface area contributed by atoms with Crippen molar-refractivity contribution >= 4 is 48.2 Å². The monoisotopic (exact) mass is 518 g/mol. The molecule has 0 aliphatic rings. The molecule has 0 aliphatic carbocycles. The van der Waals surface area contributed by atoms with E-state index in [2.05, 4.69) is 33.6 Å². The number of guanidine groups is 1. The fourth-order valence-electron chi connectivity index (χ4n) is 2.90. The highest BCUT2D eigenvalue weighted by Gasteiger charge is 2.32. The molecule has 0 saturated heterocycles. The standard InChI is InChI=1S/C20H38N8O6S/c1-3-10(2)15(18(32)27-13(19(33)34)5-4-8-25-20(23)24)28-17(31)12(6-7-14(22)29)26-16(30)11(21)9-35/h10-13,15,35H,3-9,21H2,1-2H3,(H2,22,29)(H,26,30)(H,27,32)(H,28,31)(H,33,34)(H4,23,24,25). The summed E-state index contributed by atoms with van der Waals surface area (Å²) < 4.78 is 0. The fraction of sp³-hybridized carbons (Fsp3) is 0.700. The zero-order chi connectivity index (χ0) is 27.1. The van der Waals surface area contributed by atoms with Crippen LogP contribution in [0.5, 0.6) is 0 Å². The molecule has 200 valence electrons. The van der Waals surface area contributed by atoms with Gasteiger partial charge in [-0.2, -0.15) is 12.6 Å².